The molecule has 2 N–H and O–H groups in total. The molecule has 0 saturated heterocycles. The summed E-state index contributed by atoms with van der Waals surface area (Å²) in [5.74, 6) is 0.578. The Morgan fingerprint density at radius 3 is 2.89 bits per heavy atom. The van der Waals surface area contributed by atoms with Crippen LogP contribution in [0.3, 0.4) is 0 Å². The average Bonchev–Trinajstić information content (AvgIpc) is 3.28. The Hall–Kier alpha value is -3.00. The average molecular weight is 381 g/mol. The normalized spacial score (nSPS) is 12.7. The van der Waals surface area contributed by atoms with Crippen molar-refractivity contribution in [2.45, 2.75) is 26.4 Å². The maximum atomic E-state index is 12.6. The summed E-state index contributed by atoms with van der Waals surface area (Å²) in [5.41, 5.74) is 1.58. The fourth-order valence-corrected chi connectivity index (χ4v) is 3.77. The predicted molar refractivity (Wildman–Crippen MR) is 106 cm³/mol. The largest absolute Gasteiger partial charge is 0.344 e. The van der Waals surface area contributed by atoms with Gasteiger partial charge in [0.25, 0.3) is 5.56 Å². The van der Waals surface area contributed by atoms with Crippen molar-refractivity contribution in [2.24, 2.45) is 5.92 Å². The van der Waals surface area contributed by atoms with E-state index in [1.165, 1.54) is 22.2 Å². The van der Waals surface area contributed by atoms with E-state index in [1.54, 1.807) is 6.07 Å². The first-order chi connectivity index (χ1) is 13.0. The number of aromatic nitrogens is 4. The Kier molecular flexibility index (Phi) is 4.49. The van der Waals surface area contributed by atoms with Crippen molar-refractivity contribution >= 4 is 38.5 Å². The third-order valence-electron chi connectivity index (χ3n) is 4.45. The zero-order valence-corrected chi connectivity index (χ0v) is 15.8. The fraction of sp³-hybridized carbons (Fsp3) is 0.263. The second-order valence-electron chi connectivity index (χ2n) is 6.75. The van der Waals surface area contributed by atoms with Crippen LogP contribution in [0, 0.1) is 5.92 Å². The molecule has 0 aliphatic carbocycles. The lowest BCUT2D eigenvalue weighted by atomic mass is 10.0. The van der Waals surface area contributed by atoms with E-state index in [0.29, 0.717) is 16.0 Å². The van der Waals surface area contributed by atoms with Crippen LogP contribution in [0.15, 0.2) is 46.8 Å². The number of thiophene rings is 1. The number of H-pyrrole nitrogens is 1. The molecule has 0 aliphatic rings. The summed E-state index contributed by atoms with van der Waals surface area (Å²) in [6.45, 7) is 3.95. The lowest BCUT2D eigenvalue weighted by Crippen LogP contribution is -2.37. The number of nitrogens with one attached hydrogen (secondary N) is 2. The Morgan fingerprint density at radius 2 is 2.11 bits per heavy atom. The van der Waals surface area contributed by atoms with Crippen molar-refractivity contribution in [3.05, 3.63) is 58.2 Å². The number of fused-ring (bicyclic) bond motifs is 2. The molecule has 0 aliphatic heterocycles. The maximum Gasteiger partial charge on any atom is 0.262 e. The highest BCUT2D eigenvalue weighted by Gasteiger charge is 2.22. The second kappa shape index (κ2) is 6.96. The van der Waals surface area contributed by atoms with E-state index in [-0.39, 0.29) is 30.0 Å². The predicted octanol–water partition coefficient (Wildman–Crippen LogP) is 2.85. The van der Waals surface area contributed by atoms with Gasteiger partial charge in [-0.25, -0.2) is 9.97 Å². The minimum Gasteiger partial charge on any atom is -0.344 e. The number of imidazole rings is 1. The van der Waals surface area contributed by atoms with Crippen LogP contribution in [0.1, 0.15) is 25.7 Å². The van der Waals surface area contributed by atoms with E-state index in [0.717, 1.165) is 11.0 Å². The van der Waals surface area contributed by atoms with E-state index in [9.17, 15) is 9.59 Å². The van der Waals surface area contributed by atoms with Crippen molar-refractivity contribution in [3.63, 3.8) is 0 Å². The molecule has 0 saturated carbocycles. The Morgan fingerprint density at radius 1 is 1.30 bits per heavy atom. The lowest BCUT2D eigenvalue weighted by Gasteiger charge is -2.20. The summed E-state index contributed by atoms with van der Waals surface area (Å²) in [5, 5.41) is 5.35. The molecule has 3 heterocycles. The number of hydrogen-bond acceptors (Lipinski definition) is 5. The van der Waals surface area contributed by atoms with E-state index >= 15 is 0 Å². The first-order valence-corrected chi connectivity index (χ1v) is 9.57. The number of para-hydroxylation sites is 2. The minimum absolute atomic E-state index is 0.0823. The van der Waals surface area contributed by atoms with E-state index in [1.807, 2.05) is 43.5 Å². The van der Waals surface area contributed by atoms with Crippen LogP contribution in [0.5, 0.6) is 0 Å². The van der Waals surface area contributed by atoms with Crippen LogP contribution in [-0.2, 0) is 11.3 Å². The highest BCUT2D eigenvalue weighted by molar-refractivity contribution is 7.16. The molecule has 8 heteroatoms. The van der Waals surface area contributed by atoms with Gasteiger partial charge in [-0.05, 0) is 29.5 Å². The first-order valence-electron chi connectivity index (χ1n) is 8.69. The molecule has 0 radical (unpaired) electrons. The number of nitrogens with zero attached hydrogens (tertiary/aromatic N) is 3. The van der Waals surface area contributed by atoms with Gasteiger partial charge in [-0.1, -0.05) is 26.0 Å². The van der Waals surface area contributed by atoms with Crippen LogP contribution in [0.2, 0.25) is 0 Å². The molecule has 0 unspecified atom stereocenters. The van der Waals surface area contributed by atoms with Gasteiger partial charge >= 0.3 is 0 Å². The summed E-state index contributed by atoms with van der Waals surface area (Å²) < 4.78 is 1.33. The molecule has 0 bridgehead atoms. The van der Waals surface area contributed by atoms with Gasteiger partial charge in [0.1, 0.15) is 17.2 Å². The van der Waals surface area contributed by atoms with Crippen LogP contribution in [-0.4, -0.2) is 25.4 Å². The molecule has 4 rings (SSSR count). The molecular formula is C19H19N5O2S. The molecule has 4 aromatic rings. The SMILES string of the molecule is CC(C)[C@@H](NC(=O)Cn1cnc2sccc2c1=O)c1nc2ccccc2[nH]1. The van der Waals surface area contributed by atoms with Crippen molar-refractivity contribution in [1.82, 2.24) is 24.8 Å². The number of aromatic amines is 1. The van der Waals surface area contributed by atoms with Gasteiger partial charge in [-0.3, -0.25) is 14.2 Å². The molecule has 27 heavy (non-hydrogen) atoms. The minimum atomic E-state index is -0.279. The van der Waals surface area contributed by atoms with E-state index < -0.39 is 0 Å². The zero-order valence-electron chi connectivity index (χ0n) is 15.0. The van der Waals surface area contributed by atoms with E-state index in [2.05, 4.69) is 20.3 Å². The highest BCUT2D eigenvalue weighted by atomic mass is 32.1. The third-order valence-corrected chi connectivity index (χ3v) is 5.27. The van der Waals surface area contributed by atoms with Gasteiger partial charge in [0, 0.05) is 0 Å². The summed E-state index contributed by atoms with van der Waals surface area (Å²) in [6.07, 6.45) is 1.42. The third kappa shape index (κ3) is 3.35. The number of carbonyl (C=O) groups excluding carboxylic acids is 1. The van der Waals surface area contributed by atoms with E-state index in [4.69, 9.17) is 0 Å². The van der Waals surface area contributed by atoms with Gasteiger partial charge in [0.05, 0.1) is 28.8 Å². The Labute approximate surface area is 159 Å². The Balaban J connectivity index is 1.56. The van der Waals surface area contributed by atoms with Crippen LogP contribution >= 0.6 is 11.3 Å². The highest BCUT2D eigenvalue weighted by Crippen LogP contribution is 2.22. The van der Waals surface area contributed by atoms with Gasteiger partial charge in [-0.15, -0.1) is 11.3 Å². The molecule has 7 nitrogen and oxygen atoms in total. The second-order valence-corrected chi connectivity index (χ2v) is 7.64. The van der Waals surface area contributed by atoms with Gasteiger partial charge in [0.15, 0.2) is 0 Å². The number of benzene rings is 1. The molecule has 0 fully saturated rings. The smallest absolute Gasteiger partial charge is 0.262 e. The van der Waals surface area contributed by atoms with Crippen molar-refractivity contribution in [1.29, 1.82) is 0 Å². The molecule has 1 atom stereocenters. The molecular weight excluding hydrogens is 362 g/mol. The van der Waals surface area contributed by atoms with Crippen LogP contribution in [0.4, 0.5) is 0 Å². The maximum absolute atomic E-state index is 12.6. The summed E-state index contributed by atoms with van der Waals surface area (Å²) in [6, 6.07) is 9.19. The molecule has 1 amide bonds. The fourth-order valence-electron chi connectivity index (χ4n) is 3.05. The molecule has 138 valence electrons. The standard InChI is InChI=1S/C19H19N5O2S/c1-11(2)16(17-21-13-5-3-4-6-14(13)22-17)23-15(25)9-24-10-20-18-12(19(24)26)7-8-27-18/h3-8,10-11,16H,9H2,1-2H3,(H,21,22)(H,23,25)/t16-/m1/s1. The topological polar surface area (TPSA) is 92.7 Å². The van der Waals surface area contributed by atoms with Gasteiger partial charge < -0.3 is 10.3 Å². The van der Waals surface area contributed by atoms with Crippen molar-refractivity contribution in [2.75, 3.05) is 0 Å². The number of rotatable bonds is 5. The number of hydrogen-bond donors (Lipinski definition) is 2. The molecule has 1 aromatic carbocycles. The first kappa shape index (κ1) is 17.4. The molecule has 0 spiro atoms. The number of amides is 1. The number of carbonyl (C=O) groups is 1. The van der Waals surface area contributed by atoms with Gasteiger partial charge in [0.2, 0.25) is 5.91 Å². The lowest BCUT2D eigenvalue weighted by molar-refractivity contribution is -0.122. The zero-order chi connectivity index (χ0) is 19.0. The summed E-state index contributed by atoms with van der Waals surface area (Å²) >= 11 is 1.41. The quantitative estimate of drug-likeness (QED) is 0.556. The van der Waals surface area contributed by atoms with Gasteiger partial charge in [-0.2, -0.15) is 0 Å². The Bertz CT molecular complexity index is 1140. The summed E-state index contributed by atoms with van der Waals surface area (Å²) in [4.78, 5) is 37.9. The summed E-state index contributed by atoms with van der Waals surface area (Å²) in [7, 11) is 0. The van der Waals surface area contributed by atoms with Crippen molar-refractivity contribution < 1.29 is 4.79 Å². The monoisotopic (exact) mass is 381 g/mol. The van der Waals surface area contributed by atoms with Crippen LogP contribution in [0.25, 0.3) is 21.3 Å². The van der Waals surface area contributed by atoms with Crippen LogP contribution < -0.4 is 10.9 Å². The molecule has 3 aromatic heterocycles. The van der Waals surface area contributed by atoms with Crippen molar-refractivity contribution in [3.8, 4) is 0 Å².